The first-order valence-electron chi connectivity index (χ1n) is 9.39. The van der Waals surface area contributed by atoms with E-state index in [1.54, 1.807) is 6.92 Å². The summed E-state index contributed by atoms with van der Waals surface area (Å²) in [4.78, 5) is 28.4. The highest BCUT2D eigenvalue weighted by molar-refractivity contribution is 7.89. The van der Waals surface area contributed by atoms with E-state index in [4.69, 9.17) is 9.47 Å². The smallest absolute Gasteiger partial charge is 0.350 e. The molecule has 1 aliphatic rings. The first-order valence-corrected chi connectivity index (χ1v) is 11.6. The van der Waals surface area contributed by atoms with Crippen molar-refractivity contribution in [1.82, 2.24) is 9.29 Å². The predicted molar refractivity (Wildman–Crippen MR) is 111 cm³/mol. The Bertz CT molecular complexity index is 1030. The molecule has 1 aliphatic heterocycles. The second kappa shape index (κ2) is 9.54. The van der Waals surface area contributed by atoms with E-state index in [0.717, 1.165) is 19.3 Å². The van der Waals surface area contributed by atoms with Crippen LogP contribution in [0.2, 0.25) is 0 Å². The van der Waals surface area contributed by atoms with Crippen LogP contribution in [0.4, 0.5) is 5.69 Å². The van der Waals surface area contributed by atoms with Crippen LogP contribution in [0.5, 0.6) is 5.75 Å². The molecule has 1 aromatic heterocycles. The van der Waals surface area contributed by atoms with E-state index in [1.165, 1.54) is 47.1 Å². The number of sulfonamides is 1. The lowest BCUT2D eigenvalue weighted by atomic mass is 10.2. The molecule has 0 atom stereocenters. The number of aromatic nitrogens is 1. The van der Waals surface area contributed by atoms with Crippen molar-refractivity contribution in [2.75, 3.05) is 32.1 Å². The Morgan fingerprint density at radius 2 is 1.97 bits per heavy atom. The van der Waals surface area contributed by atoms with Gasteiger partial charge >= 0.3 is 5.97 Å². The molecule has 0 saturated carbocycles. The molecule has 2 aromatic rings. The normalized spacial score (nSPS) is 14.9. The van der Waals surface area contributed by atoms with Crippen LogP contribution >= 0.6 is 11.3 Å². The van der Waals surface area contributed by atoms with Gasteiger partial charge in [-0.25, -0.2) is 18.2 Å². The molecule has 1 N–H and O–H groups in total. The number of nitrogens with one attached hydrogen (secondary N) is 1. The average molecular weight is 454 g/mol. The van der Waals surface area contributed by atoms with Crippen molar-refractivity contribution in [1.29, 1.82) is 0 Å². The number of ether oxygens (including phenoxy) is 2. The maximum absolute atomic E-state index is 13.0. The van der Waals surface area contributed by atoms with Gasteiger partial charge in [-0.15, -0.1) is 11.3 Å². The van der Waals surface area contributed by atoms with E-state index < -0.39 is 28.5 Å². The Kier molecular flexibility index (Phi) is 7.06. The van der Waals surface area contributed by atoms with Crippen LogP contribution in [-0.2, 0) is 19.6 Å². The van der Waals surface area contributed by atoms with Crippen molar-refractivity contribution >= 4 is 38.9 Å². The molecule has 0 bridgehead atoms. The Morgan fingerprint density at radius 1 is 1.23 bits per heavy atom. The van der Waals surface area contributed by atoms with Gasteiger partial charge in [-0.1, -0.05) is 6.42 Å². The number of carbonyl (C=O) groups is 2. The lowest BCUT2D eigenvalue weighted by molar-refractivity contribution is -0.119. The van der Waals surface area contributed by atoms with E-state index >= 15 is 0 Å². The van der Waals surface area contributed by atoms with Crippen LogP contribution in [0.3, 0.4) is 0 Å². The lowest BCUT2D eigenvalue weighted by Gasteiger charge is -2.26. The number of anilines is 1. The van der Waals surface area contributed by atoms with Crippen LogP contribution in [0.15, 0.2) is 29.3 Å². The summed E-state index contributed by atoms with van der Waals surface area (Å²) in [5.74, 6) is -1.03. The summed E-state index contributed by atoms with van der Waals surface area (Å²) in [6, 6.07) is 4.37. The van der Waals surface area contributed by atoms with Gasteiger partial charge in [0.15, 0.2) is 6.61 Å². The van der Waals surface area contributed by atoms with Crippen molar-refractivity contribution in [3.63, 3.8) is 0 Å². The number of aryl methyl sites for hydroxylation is 1. The third kappa shape index (κ3) is 5.15. The quantitative estimate of drug-likeness (QED) is 0.640. The zero-order valence-corrected chi connectivity index (χ0v) is 18.3. The second-order valence-electron chi connectivity index (χ2n) is 6.70. The van der Waals surface area contributed by atoms with Gasteiger partial charge in [0.05, 0.1) is 18.3 Å². The molecule has 1 saturated heterocycles. The maximum Gasteiger partial charge on any atom is 0.350 e. The summed E-state index contributed by atoms with van der Waals surface area (Å²) < 4.78 is 37.7. The highest BCUT2D eigenvalue weighted by Gasteiger charge is 2.29. The molecule has 0 spiro atoms. The van der Waals surface area contributed by atoms with Crippen LogP contribution in [0, 0.1) is 6.92 Å². The van der Waals surface area contributed by atoms with Crippen molar-refractivity contribution < 1.29 is 27.5 Å². The molecule has 9 nitrogen and oxygen atoms in total. The zero-order chi connectivity index (χ0) is 21.7. The summed E-state index contributed by atoms with van der Waals surface area (Å²) in [7, 11) is -2.36. The fraction of sp³-hybridized carbons (Fsp3) is 0.421. The molecule has 0 unspecified atom stereocenters. The van der Waals surface area contributed by atoms with Crippen molar-refractivity contribution in [2.45, 2.75) is 31.1 Å². The molecule has 1 fully saturated rings. The molecule has 162 valence electrons. The van der Waals surface area contributed by atoms with E-state index in [-0.39, 0.29) is 16.3 Å². The molecule has 1 amide bonds. The Morgan fingerprint density at radius 3 is 2.60 bits per heavy atom. The number of rotatable bonds is 7. The van der Waals surface area contributed by atoms with Gasteiger partial charge in [0, 0.05) is 18.8 Å². The van der Waals surface area contributed by atoms with Gasteiger partial charge in [0.1, 0.15) is 15.5 Å². The Balaban J connectivity index is 1.69. The number of esters is 1. The van der Waals surface area contributed by atoms with Gasteiger partial charge in [0.2, 0.25) is 10.0 Å². The van der Waals surface area contributed by atoms with Crippen LogP contribution in [0.1, 0.15) is 33.9 Å². The fourth-order valence-corrected chi connectivity index (χ4v) is 5.43. The number of benzene rings is 1. The van der Waals surface area contributed by atoms with Gasteiger partial charge in [-0.2, -0.15) is 4.31 Å². The minimum atomic E-state index is -3.76. The van der Waals surface area contributed by atoms with Crippen molar-refractivity contribution in [2.24, 2.45) is 0 Å². The molecular formula is C19H23N3O6S2. The van der Waals surface area contributed by atoms with Crippen LogP contribution in [-0.4, -0.2) is 56.4 Å². The number of amides is 1. The highest BCUT2D eigenvalue weighted by Crippen LogP contribution is 2.31. The average Bonchev–Trinajstić information content (AvgIpc) is 3.19. The number of thiazole rings is 1. The highest BCUT2D eigenvalue weighted by atomic mass is 32.2. The van der Waals surface area contributed by atoms with Gasteiger partial charge in [-0.3, -0.25) is 4.79 Å². The summed E-state index contributed by atoms with van der Waals surface area (Å²) >= 11 is 1.17. The number of nitrogens with zero attached hydrogens (tertiary/aromatic N) is 2. The first-order chi connectivity index (χ1) is 14.3. The SMILES string of the molecule is COc1ccc(NC(=O)COC(=O)c2cnc(C)s2)cc1S(=O)(=O)N1CCCCC1. The molecule has 30 heavy (non-hydrogen) atoms. The number of hydrogen-bond acceptors (Lipinski definition) is 8. The summed E-state index contributed by atoms with van der Waals surface area (Å²) in [6.45, 7) is 2.16. The van der Waals surface area contributed by atoms with E-state index in [2.05, 4.69) is 10.3 Å². The first kappa shape index (κ1) is 22.2. The largest absolute Gasteiger partial charge is 0.495 e. The molecular weight excluding hydrogens is 430 g/mol. The van der Waals surface area contributed by atoms with Gasteiger partial charge < -0.3 is 14.8 Å². The number of hydrogen-bond donors (Lipinski definition) is 1. The van der Waals surface area contributed by atoms with E-state index in [1.807, 2.05) is 0 Å². The van der Waals surface area contributed by atoms with Crippen LogP contribution in [0.25, 0.3) is 0 Å². The molecule has 2 heterocycles. The van der Waals surface area contributed by atoms with E-state index in [0.29, 0.717) is 23.0 Å². The minimum absolute atomic E-state index is 0.0122. The number of piperidine rings is 1. The minimum Gasteiger partial charge on any atom is -0.495 e. The van der Waals surface area contributed by atoms with Gasteiger partial charge in [0.25, 0.3) is 5.91 Å². The summed E-state index contributed by atoms with van der Waals surface area (Å²) in [5.41, 5.74) is 0.265. The summed E-state index contributed by atoms with van der Waals surface area (Å²) in [5, 5.41) is 3.27. The maximum atomic E-state index is 13.0. The second-order valence-corrected chi connectivity index (χ2v) is 9.84. The molecule has 0 radical (unpaired) electrons. The standard InChI is InChI=1S/C19H23N3O6S2/c1-13-20-11-16(29-13)19(24)28-12-18(23)21-14-6-7-15(27-2)17(10-14)30(25,26)22-8-4-3-5-9-22/h6-7,10-11H,3-5,8-9,12H2,1-2H3,(H,21,23). The zero-order valence-electron chi connectivity index (χ0n) is 16.7. The Labute approximate surface area is 179 Å². The number of carbonyl (C=O) groups excluding carboxylic acids is 2. The third-order valence-corrected chi connectivity index (χ3v) is 7.35. The predicted octanol–water partition coefficient (Wildman–Crippen LogP) is 2.43. The molecule has 0 aliphatic carbocycles. The van der Waals surface area contributed by atoms with Crippen molar-refractivity contribution in [3.8, 4) is 5.75 Å². The lowest BCUT2D eigenvalue weighted by Crippen LogP contribution is -2.35. The number of methoxy groups -OCH3 is 1. The summed E-state index contributed by atoms with van der Waals surface area (Å²) in [6.07, 6.45) is 4.01. The van der Waals surface area contributed by atoms with E-state index in [9.17, 15) is 18.0 Å². The van der Waals surface area contributed by atoms with Crippen molar-refractivity contribution in [3.05, 3.63) is 34.3 Å². The monoisotopic (exact) mass is 453 g/mol. The molecule has 11 heteroatoms. The molecule has 3 rings (SSSR count). The molecule has 1 aromatic carbocycles. The fourth-order valence-electron chi connectivity index (χ4n) is 3.06. The van der Waals surface area contributed by atoms with Gasteiger partial charge in [-0.05, 0) is 38.0 Å². The topological polar surface area (TPSA) is 115 Å². The Hall–Kier alpha value is -2.50. The van der Waals surface area contributed by atoms with Crippen LogP contribution < -0.4 is 10.1 Å². The third-order valence-electron chi connectivity index (χ3n) is 4.54.